The molecule has 4 rings (SSSR count). The van der Waals surface area contributed by atoms with Gasteiger partial charge in [0, 0.05) is 17.2 Å². The molecule has 128 valence electrons. The molecule has 5 heteroatoms. The van der Waals surface area contributed by atoms with Crippen LogP contribution in [0, 0.1) is 0 Å². The first kappa shape index (κ1) is 16.0. The summed E-state index contributed by atoms with van der Waals surface area (Å²) in [5, 5.41) is 4.80. The van der Waals surface area contributed by atoms with Gasteiger partial charge in [-0.2, -0.15) is 5.10 Å². The van der Waals surface area contributed by atoms with E-state index in [-0.39, 0.29) is 0 Å². The summed E-state index contributed by atoms with van der Waals surface area (Å²) >= 11 is 0. The molecule has 0 spiro atoms. The highest BCUT2D eigenvalue weighted by Gasteiger charge is 2.14. The van der Waals surface area contributed by atoms with Gasteiger partial charge < -0.3 is 4.74 Å². The van der Waals surface area contributed by atoms with E-state index in [1.165, 1.54) is 6.33 Å². The van der Waals surface area contributed by atoms with Crippen molar-refractivity contribution in [1.82, 2.24) is 19.7 Å². The molecule has 5 nitrogen and oxygen atoms in total. The van der Waals surface area contributed by atoms with Gasteiger partial charge in [0.2, 0.25) is 5.88 Å². The summed E-state index contributed by atoms with van der Waals surface area (Å²) in [6.07, 6.45) is 1.50. The fraction of sp³-hybridized carbons (Fsp3) is 0.0952. The Morgan fingerprint density at radius 3 is 2.23 bits per heavy atom. The van der Waals surface area contributed by atoms with Crippen molar-refractivity contribution in [2.45, 2.75) is 6.92 Å². The summed E-state index contributed by atoms with van der Waals surface area (Å²) < 4.78 is 7.35. The van der Waals surface area contributed by atoms with E-state index in [0.717, 1.165) is 22.5 Å². The molecule has 0 aliphatic carbocycles. The standard InChI is InChI=1S/C21H18N4O/c1-2-26-21-14-20(22-15-23-21)25-19(17-11-7-4-8-12-17)13-18(24-25)16-9-5-3-6-10-16/h3-15H,2H2,1H3. The van der Waals surface area contributed by atoms with Gasteiger partial charge in [-0.3, -0.25) is 0 Å². The van der Waals surface area contributed by atoms with Gasteiger partial charge in [-0.25, -0.2) is 14.6 Å². The lowest BCUT2D eigenvalue weighted by Gasteiger charge is -2.08. The fourth-order valence-corrected chi connectivity index (χ4v) is 2.79. The van der Waals surface area contributed by atoms with Crippen molar-refractivity contribution < 1.29 is 4.74 Å². The van der Waals surface area contributed by atoms with Crippen LogP contribution in [0.15, 0.2) is 79.1 Å². The summed E-state index contributed by atoms with van der Waals surface area (Å²) in [6.45, 7) is 2.48. The molecule has 0 fully saturated rings. The topological polar surface area (TPSA) is 52.8 Å². The Kier molecular flexibility index (Phi) is 4.43. The van der Waals surface area contributed by atoms with Gasteiger partial charge in [0.25, 0.3) is 0 Å². The van der Waals surface area contributed by atoms with Gasteiger partial charge in [-0.05, 0) is 13.0 Å². The lowest BCUT2D eigenvalue weighted by Crippen LogP contribution is -2.04. The first-order valence-corrected chi connectivity index (χ1v) is 8.51. The van der Waals surface area contributed by atoms with Crippen molar-refractivity contribution in [3.63, 3.8) is 0 Å². The molecule has 2 aromatic carbocycles. The summed E-state index contributed by atoms with van der Waals surface area (Å²) in [5.41, 5.74) is 3.98. The molecule has 2 aromatic heterocycles. The molecule has 0 N–H and O–H groups in total. The number of benzene rings is 2. The third-order valence-corrected chi connectivity index (χ3v) is 3.99. The van der Waals surface area contributed by atoms with Gasteiger partial charge in [0.05, 0.1) is 18.0 Å². The normalized spacial score (nSPS) is 10.7. The second-order valence-electron chi connectivity index (χ2n) is 5.71. The Morgan fingerprint density at radius 1 is 0.846 bits per heavy atom. The van der Waals surface area contributed by atoms with Crippen LogP contribution in [0.25, 0.3) is 28.3 Å². The van der Waals surface area contributed by atoms with Gasteiger partial charge in [-0.15, -0.1) is 0 Å². The fourth-order valence-electron chi connectivity index (χ4n) is 2.79. The molecule has 0 aliphatic rings. The van der Waals surface area contributed by atoms with Crippen LogP contribution in [-0.2, 0) is 0 Å². The maximum atomic E-state index is 5.51. The van der Waals surface area contributed by atoms with E-state index in [1.807, 2.05) is 60.1 Å². The van der Waals surface area contributed by atoms with E-state index in [4.69, 9.17) is 9.84 Å². The minimum atomic E-state index is 0.535. The SMILES string of the molecule is CCOc1cc(-n2nc(-c3ccccc3)cc2-c2ccccc2)ncn1. The number of hydrogen-bond donors (Lipinski definition) is 0. The third kappa shape index (κ3) is 3.19. The van der Waals surface area contributed by atoms with Gasteiger partial charge >= 0.3 is 0 Å². The maximum Gasteiger partial charge on any atom is 0.218 e. The van der Waals surface area contributed by atoms with Crippen molar-refractivity contribution in [1.29, 1.82) is 0 Å². The van der Waals surface area contributed by atoms with Gasteiger partial charge in [0.1, 0.15) is 6.33 Å². The van der Waals surface area contributed by atoms with Crippen molar-refractivity contribution in [2.75, 3.05) is 6.61 Å². The Bertz CT molecular complexity index is 997. The lowest BCUT2D eigenvalue weighted by molar-refractivity contribution is 0.326. The minimum Gasteiger partial charge on any atom is -0.478 e. The Hall–Kier alpha value is -3.47. The van der Waals surface area contributed by atoms with Crippen LogP contribution in [0.2, 0.25) is 0 Å². The molecule has 4 aromatic rings. The first-order chi connectivity index (χ1) is 12.8. The third-order valence-electron chi connectivity index (χ3n) is 3.99. The molecular formula is C21H18N4O. The molecule has 0 saturated heterocycles. The smallest absolute Gasteiger partial charge is 0.218 e. The zero-order chi connectivity index (χ0) is 17.8. The highest BCUT2D eigenvalue weighted by atomic mass is 16.5. The summed E-state index contributed by atoms with van der Waals surface area (Å²) in [4.78, 5) is 8.54. The summed E-state index contributed by atoms with van der Waals surface area (Å²) in [5.74, 6) is 1.21. The van der Waals surface area contributed by atoms with Crippen LogP contribution < -0.4 is 4.74 Å². The molecule has 0 unspecified atom stereocenters. The van der Waals surface area contributed by atoms with Crippen LogP contribution in [0.4, 0.5) is 0 Å². The zero-order valence-electron chi connectivity index (χ0n) is 14.4. The van der Waals surface area contributed by atoms with Crippen LogP contribution >= 0.6 is 0 Å². The molecule has 0 saturated carbocycles. The zero-order valence-corrected chi connectivity index (χ0v) is 14.4. The van der Waals surface area contributed by atoms with Crippen molar-refractivity contribution in [3.8, 4) is 34.2 Å². The minimum absolute atomic E-state index is 0.535. The van der Waals surface area contributed by atoms with Gasteiger partial charge in [0.15, 0.2) is 5.82 Å². The van der Waals surface area contributed by atoms with Crippen molar-refractivity contribution >= 4 is 0 Å². The average molecular weight is 342 g/mol. The monoisotopic (exact) mass is 342 g/mol. The number of ether oxygens (including phenoxy) is 1. The number of rotatable bonds is 5. The van der Waals surface area contributed by atoms with E-state index in [1.54, 1.807) is 6.07 Å². The van der Waals surface area contributed by atoms with E-state index >= 15 is 0 Å². The lowest BCUT2D eigenvalue weighted by atomic mass is 10.1. The molecule has 0 radical (unpaired) electrons. The maximum absolute atomic E-state index is 5.51. The summed E-state index contributed by atoms with van der Waals surface area (Å²) in [7, 11) is 0. The molecule has 26 heavy (non-hydrogen) atoms. The molecule has 0 atom stereocenters. The second-order valence-corrected chi connectivity index (χ2v) is 5.71. The Labute approximate surface area is 151 Å². The van der Waals surface area contributed by atoms with E-state index in [9.17, 15) is 0 Å². The van der Waals surface area contributed by atoms with Gasteiger partial charge in [-0.1, -0.05) is 60.7 Å². The molecule has 0 aliphatic heterocycles. The van der Waals surface area contributed by atoms with Crippen LogP contribution in [0.1, 0.15) is 6.92 Å². The molecule has 0 amide bonds. The predicted octanol–water partition coefficient (Wildman–Crippen LogP) is 4.40. The van der Waals surface area contributed by atoms with Crippen LogP contribution in [-0.4, -0.2) is 26.4 Å². The van der Waals surface area contributed by atoms with Crippen molar-refractivity contribution in [2.24, 2.45) is 0 Å². The van der Waals surface area contributed by atoms with E-state index in [2.05, 4.69) is 28.2 Å². The van der Waals surface area contributed by atoms with E-state index < -0.39 is 0 Å². The first-order valence-electron chi connectivity index (χ1n) is 8.51. The highest BCUT2D eigenvalue weighted by molar-refractivity contribution is 5.70. The second kappa shape index (κ2) is 7.19. The summed E-state index contributed by atoms with van der Waals surface area (Å²) in [6, 6.07) is 24.1. The van der Waals surface area contributed by atoms with Crippen molar-refractivity contribution in [3.05, 3.63) is 79.1 Å². The Morgan fingerprint density at radius 2 is 1.54 bits per heavy atom. The average Bonchev–Trinajstić information content (AvgIpc) is 3.15. The number of hydrogen-bond acceptors (Lipinski definition) is 4. The quantitative estimate of drug-likeness (QED) is 0.539. The molecule has 2 heterocycles. The highest BCUT2D eigenvalue weighted by Crippen LogP contribution is 2.28. The molecule has 0 bridgehead atoms. The molecular weight excluding hydrogens is 324 g/mol. The van der Waals surface area contributed by atoms with Crippen LogP contribution in [0.3, 0.4) is 0 Å². The predicted molar refractivity (Wildman–Crippen MR) is 101 cm³/mol. The Balaban J connectivity index is 1.87. The number of aromatic nitrogens is 4. The van der Waals surface area contributed by atoms with Crippen LogP contribution in [0.5, 0.6) is 5.88 Å². The van der Waals surface area contributed by atoms with E-state index in [0.29, 0.717) is 18.3 Å². The largest absolute Gasteiger partial charge is 0.478 e. The number of nitrogens with zero attached hydrogens (tertiary/aromatic N) is 4.